The normalized spacial score (nSPS) is 26.2. The third-order valence-corrected chi connectivity index (χ3v) is 5.94. The summed E-state index contributed by atoms with van der Waals surface area (Å²) in [7, 11) is 5.12. The van der Waals surface area contributed by atoms with Gasteiger partial charge in [-0.3, -0.25) is 9.69 Å². The Kier molecular flexibility index (Phi) is 5.81. The second kappa shape index (κ2) is 7.86. The highest BCUT2D eigenvalue weighted by Crippen LogP contribution is 2.46. The highest BCUT2D eigenvalue weighted by atomic mass is 16.5. The van der Waals surface area contributed by atoms with E-state index in [0.717, 1.165) is 17.7 Å². The van der Waals surface area contributed by atoms with E-state index >= 15 is 0 Å². The van der Waals surface area contributed by atoms with Crippen LogP contribution in [0.15, 0.2) is 18.2 Å². The molecule has 0 bridgehead atoms. The third kappa shape index (κ3) is 4.34. The number of amides is 3. The van der Waals surface area contributed by atoms with E-state index in [1.165, 1.54) is 4.90 Å². The van der Waals surface area contributed by atoms with Crippen molar-refractivity contribution < 1.29 is 19.1 Å². The third-order valence-electron chi connectivity index (χ3n) is 5.94. The first-order valence-electron chi connectivity index (χ1n) is 10.1. The molecule has 1 N–H and O–H groups in total. The van der Waals surface area contributed by atoms with Crippen molar-refractivity contribution in [3.8, 4) is 11.5 Å². The number of methoxy groups -OCH3 is 2. The smallest absolute Gasteiger partial charge is 0.326 e. The minimum Gasteiger partial charge on any atom is -0.497 e. The Morgan fingerprint density at radius 3 is 2.55 bits per heavy atom. The van der Waals surface area contributed by atoms with Gasteiger partial charge in [0.1, 0.15) is 17.0 Å². The van der Waals surface area contributed by atoms with Crippen LogP contribution in [0.4, 0.5) is 4.79 Å². The minimum absolute atomic E-state index is 0.0268. The number of hydrogen-bond acceptors (Lipinski definition) is 5. The van der Waals surface area contributed by atoms with Gasteiger partial charge in [0.05, 0.1) is 20.9 Å². The van der Waals surface area contributed by atoms with E-state index in [9.17, 15) is 9.59 Å². The Morgan fingerprint density at radius 2 is 1.93 bits per heavy atom. The number of hydrogen-bond donors (Lipinski definition) is 1. The number of ether oxygens (including phenoxy) is 2. The molecule has 2 aliphatic rings. The highest BCUT2D eigenvalue weighted by Gasteiger charge is 2.56. The Morgan fingerprint density at radius 1 is 1.21 bits per heavy atom. The van der Waals surface area contributed by atoms with Crippen molar-refractivity contribution >= 4 is 11.9 Å². The van der Waals surface area contributed by atoms with Crippen LogP contribution in [0.25, 0.3) is 0 Å². The standard InChI is InChI=1S/C22H33N3O4/c1-15-10-21(2,3)13-22(11-15)19(26)25(20(27)23-22)14-24(4)12-16-7-8-17(28-5)9-18(16)29-6/h7-9,15H,10-14H2,1-6H3,(H,23,27). The van der Waals surface area contributed by atoms with Gasteiger partial charge in [0, 0.05) is 18.2 Å². The molecule has 7 heteroatoms. The molecule has 3 rings (SSSR count). The van der Waals surface area contributed by atoms with Crippen LogP contribution in [0.5, 0.6) is 11.5 Å². The molecule has 7 nitrogen and oxygen atoms in total. The Labute approximate surface area is 173 Å². The zero-order chi connectivity index (χ0) is 21.4. The molecule has 1 aromatic carbocycles. The van der Waals surface area contributed by atoms with Crippen LogP contribution in [0, 0.1) is 11.3 Å². The SMILES string of the molecule is COc1ccc(CN(C)CN2C(=O)NC3(CC(C)CC(C)(C)C3)C2=O)c(OC)c1. The van der Waals surface area contributed by atoms with Crippen molar-refractivity contribution in [1.29, 1.82) is 0 Å². The molecule has 0 aromatic heterocycles. The maximum atomic E-state index is 13.3. The number of rotatable bonds is 6. The zero-order valence-corrected chi connectivity index (χ0v) is 18.4. The van der Waals surface area contributed by atoms with Gasteiger partial charge in [-0.1, -0.05) is 26.8 Å². The molecule has 2 unspecified atom stereocenters. The number of nitrogens with zero attached hydrogens (tertiary/aromatic N) is 2. The van der Waals surface area contributed by atoms with E-state index in [4.69, 9.17) is 9.47 Å². The van der Waals surface area contributed by atoms with E-state index in [2.05, 4.69) is 26.1 Å². The molecule has 1 heterocycles. The summed E-state index contributed by atoms with van der Waals surface area (Å²) in [5.41, 5.74) is 0.223. The van der Waals surface area contributed by atoms with E-state index in [1.54, 1.807) is 14.2 Å². The summed E-state index contributed by atoms with van der Waals surface area (Å²) in [5.74, 6) is 1.73. The largest absolute Gasteiger partial charge is 0.497 e. The Hall–Kier alpha value is -2.28. The van der Waals surface area contributed by atoms with Gasteiger partial charge in [0.2, 0.25) is 0 Å². The second-order valence-corrected chi connectivity index (χ2v) is 9.43. The highest BCUT2D eigenvalue weighted by molar-refractivity contribution is 6.07. The van der Waals surface area contributed by atoms with Crippen molar-refractivity contribution in [2.45, 2.75) is 52.1 Å². The van der Waals surface area contributed by atoms with Crippen LogP contribution in [-0.2, 0) is 11.3 Å². The van der Waals surface area contributed by atoms with Gasteiger partial charge in [-0.25, -0.2) is 9.69 Å². The van der Waals surface area contributed by atoms with Crippen molar-refractivity contribution in [3.63, 3.8) is 0 Å². The van der Waals surface area contributed by atoms with Gasteiger partial charge >= 0.3 is 6.03 Å². The predicted octanol–water partition coefficient (Wildman–Crippen LogP) is 3.23. The lowest BCUT2D eigenvalue weighted by Gasteiger charge is -2.43. The van der Waals surface area contributed by atoms with Crippen LogP contribution < -0.4 is 14.8 Å². The summed E-state index contributed by atoms with van der Waals surface area (Å²) < 4.78 is 10.7. The van der Waals surface area contributed by atoms with Crippen LogP contribution in [0.1, 0.15) is 45.6 Å². The van der Waals surface area contributed by atoms with Gasteiger partial charge in [-0.15, -0.1) is 0 Å². The van der Waals surface area contributed by atoms with Crippen molar-refractivity contribution in [2.75, 3.05) is 27.9 Å². The van der Waals surface area contributed by atoms with Crippen LogP contribution in [-0.4, -0.2) is 55.2 Å². The van der Waals surface area contributed by atoms with Crippen LogP contribution >= 0.6 is 0 Å². The first-order chi connectivity index (χ1) is 13.6. The minimum atomic E-state index is -0.767. The molecule has 1 aromatic rings. The molecule has 29 heavy (non-hydrogen) atoms. The fourth-order valence-corrected chi connectivity index (χ4v) is 5.20. The predicted molar refractivity (Wildman–Crippen MR) is 111 cm³/mol. The Balaban J connectivity index is 1.72. The molecule has 2 fully saturated rings. The number of carbonyl (C=O) groups is 2. The molecule has 1 saturated carbocycles. The van der Waals surface area contributed by atoms with Crippen LogP contribution in [0.2, 0.25) is 0 Å². The number of imide groups is 1. The first kappa shape index (κ1) is 21.4. The van der Waals surface area contributed by atoms with E-state index < -0.39 is 5.54 Å². The van der Waals surface area contributed by atoms with Crippen molar-refractivity contribution in [1.82, 2.24) is 15.1 Å². The average molecular weight is 404 g/mol. The molecule has 0 radical (unpaired) electrons. The summed E-state index contributed by atoms with van der Waals surface area (Å²) in [6, 6.07) is 5.35. The lowest BCUT2D eigenvalue weighted by molar-refractivity contribution is -0.136. The lowest BCUT2D eigenvalue weighted by Crippen LogP contribution is -2.54. The van der Waals surface area contributed by atoms with Crippen LogP contribution in [0.3, 0.4) is 0 Å². The Bertz CT molecular complexity index is 794. The number of carbonyl (C=O) groups excluding carboxylic acids is 2. The molecule has 160 valence electrons. The first-order valence-corrected chi connectivity index (χ1v) is 10.1. The van der Waals surface area contributed by atoms with Gasteiger partial charge in [-0.05, 0) is 43.7 Å². The quantitative estimate of drug-likeness (QED) is 0.739. The summed E-state index contributed by atoms with van der Waals surface area (Å²) in [6.45, 7) is 7.28. The maximum absolute atomic E-state index is 13.3. The monoisotopic (exact) mass is 403 g/mol. The zero-order valence-electron chi connectivity index (χ0n) is 18.4. The topological polar surface area (TPSA) is 71.1 Å². The summed E-state index contributed by atoms with van der Waals surface area (Å²) in [5, 5.41) is 3.03. The second-order valence-electron chi connectivity index (χ2n) is 9.43. The molecule has 1 spiro atoms. The molecular weight excluding hydrogens is 370 g/mol. The summed E-state index contributed by atoms with van der Waals surface area (Å²) in [6.07, 6.45) is 2.45. The van der Waals surface area contributed by atoms with E-state index in [-0.39, 0.29) is 24.0 Å². The number of nitrogens with one attached hydrogen (secondary N) is 1. The van der Waals surface area contributed by atoms with E-state index in [0.29, 0.717) is 31.1 Å². The molecular formula is C22H33N3O4. The van der Waals surface area contributed by atoms with Gasteiger partial charge in [0.15, 0.2) is 0 Å². The van der Waals surface area contributed by atoms with E-state index in [1.807, 2.05) is 30.1 Å². The fourth-order valence-electron chi connectivity index (χ4n) is 5.20. The molecule has 1 saturated heterocycles. The van der Waals surface area contributed by atoms with Gasteiger partial charge < -0.3 is 14.8 Å². The average Bonchev–Trinajstić information content (AvgIpc) is 2.83. The van der Waals surface area contributed by atoms with Gasteiger partial charge in [0.25, 0.3) is 5.91 Å². The number of urea groups is 1. The summed E-state index contributed by atoms with van der Waals surface area (Å²) >= 11 is 0. The summed E-state index contributed by atoms with van der Waals surface area (Å²) in [4.78, 5) is 29.3. The number of benzene rings is 1. The van der Waals surface area contributed by atoms with Crippen molar-refractivity contribution in [3.05, 3.63) is 23.8 Å². The lowest BCUT2D eigenvalue weighted by atomic mass is 9.64. The molecule has 2 atom stereocenters. The molecule has 1 aliphatic carbocycles. The molecule has 3 amide bonds. The maximum Gasteiger partial charge on any atom is 0.326 e. The fraction of sp³-hybridized carbons (Fsp3) is 0.636. The van der Waals surface area contributed by atoms with Crippen molar-refractivity contribution in [2.24, 2.45) is 11.3 Å². The van der Waals surface area contributed by atoms with Gasteiger partial charge in [-0.2, -0.15) is 0 Å². The molecule has 1 aliphatic heterocycles.